The van der Waals surface area contributed by atoms with Crippen molar-refractivity contribution in [1.82, 2.24) is 0 Å². The number of rotatable bonds is 3. The van der Waals surface area contributed by atoms with Crippen molar-refractivity contribution in [2.24, 2.45) is 0 Å². The Kier molecular flexibility index (Phi) is 4.12. The third-order valence-corrected chi connectivity index (χ3v) is 2.42. The molecule has 0 spiro atoms. The van der Waals surface area contributed by atoms with E-state index in [9.17, 15) is 8.78 Å². The monoisotopic (exact) mass is 314 g/mol. The van der Waals surface area contributed by atoms with Gasteiger partial charge in [0, 0.05) is 9.80 Å². The van der Waals surface area contributed by atoms with E-state index < -0.39 is 6.61 Å². The first-order chi connectivity index (χ1) is 6.11. The summed E-state index contributed by atoms with van der Waals surface area (Å²) < 4.78 is 28.7. The maximum absolute atomic E-state index is 11.8. The predicted molar refractivity (Wildman–Crippen MR) is 53.4 cm³/mol. The van der Waals surface area contributed by atoms with Crippen molar-refractivity contribution in [3.8, 4) is 5.75 Å². The van der Waals surface area contributed by atoms with E-state index in [1.54, 1.807) is 6.07 Å². The maximum atomic E-state index is 11.8. The van der Waals surface area contributed by atoms with Gasteiger partial charge in [-0.3, -0.25) is 0 Å². The summed E-state index contributed by atoms with van der Waals surface area (Å²) in [5, 5.41) is 0.603. The van der Waals surface area contributed by atoms with Gasteiger partial charge in [0.05, 0.1) is 0 Å². The van der Waals surface area contributed by atoms with Crippen LogP contribution >= 0.6 is 31.9 Å². The van der Waals surface area contributed by atoms with Crippen LogP contribution in [0.4, 0.5) is 8.78 Å². The minimum Gasteiger partial charge on any atom is -0.435 e. The summed E-state index contributed by atoms with van der Waals surface area (Å²) in [4.78, 5) is 0. The molecule has 0 aliphatic carbocycles. The molecule has 0 saturated heterocycles. The van der Waals surface area contributed by atoms with Crippen LogP contribution in [-0.4, -0.2) is 6.61 Å². The van der Waals surface area contributed by atoms with E-state index in [1.807, 2.05) is 6.07 Å². The van der Waals surface area contributed by atoms with Crippen molar-refractivity contribution in [1.29, 1.82) is 0 Å². The largest absolute Gasteiger partial charge is 0.435 e. The molecule has 0 saturated carbocycles. The van der Waals surface area contributed by atoms with Crippen LogP contribution in [-0.2, 0) is 5.33 Å². The molecule has 5 heteroatoms. The highest BCUT2D eigenvalue weighted by Crippen LogP contribution is 2.24. The van der Waals surface area contributed by atoms with Crippen LogP contribution in [0.15, 0.2) is 22.7 Å². The molecular formula is C8H6Br2F2O. The highest BCUT2D eigenvalue weighted by Gasteiger charge is 2.05. The molecule has 0 N–H and O–H groups in total. The summed E-state index contributed by atoms with van der Waals surface area (Å²) in [6, 6.07) is 4.89. The summed E-state index contributed by atoms with van der Waals surface area (Å²) in [5.74, 6) is 0.166. The van der Waals surface area contributed by atoms with E-state index in [2.05, 4.69) is 36.6 Å². The molecule has 72 valence electrons. The van der Waals surface area contributed by atoms with Crippen LogP contribution in [0.3, 0.4) is 0 Å². The Balaban J connectivity index is 2.88. The standard InChI is InChI=1S/C8H6Br2F2O/c9-4-5-1-6(10)3-7(2-5)13-8(11)12/h1-3,8H,4H2. The summed E-state index contributed by atoms with van der Waals surface area (Å²) >= 11 is 6.43. The molecule has 1 rings (SSSR count). The zero-order valence-electron chi connectivity index (χ0n) is 6.44. The van der Waals surface area contributed by atoms with E-state index in [0.717, 1.165) is 10.0 Å². The SMILES string of the molecule is FC(F)Oc1cc(Br)cc(CBr)c1. The normalized spacial score (nSPS) is 10.5. The number of benzene rings is 1. The van der Waals surface area contributed by atoms with E-state index in [1.165, 1.54) is 6.07 Å². The molecule has 1 nitrogen and oxygen atoms in total. The number of halogens is 4. The first-order valence-corrected chi connectivity index (χ1v) is 5.33. The second-order valence-electron chi connectivity index (χ2n) is 2.31. The summed E-state index contributed by atoms with van der Waals surface area (Å²) in [6.45, 7) is -2.78. The van der Waals surface area contributed by atoms with Crippen molar-refractivity contribution >= 4 is 31.9 Å². The van der Waals surface area contributed by atoms with E-state index >= 15 is 0 Å². The van der Waals surface area contributed by atoms with Gasteiger partial charge in [0.15, 0.2) is 0 Å². The predicted octanol–water partition coefficient (Wildman–Crippen LogP) is 3.95. The van der Waals surface area contributed by atoms with Gasteiger partial charge in [-0.2, -0.15) is 8.78 Å². The quantitative estimate of drug-likeness (QED) is 0.768. The number of ether oxygens (including phenoxy) is 1. The fourth-order valence-electron chi connectivity index (χ4n) is 0.869. The molecule has 0 unspecified atom stereocenters. The van der Waals surface area contributed by atoms with Gasteiger partial charge in [0.25, 0.3) is 0 Å². The fourth-order valence-corrected chi connectivity index (χ4v) is 1.71. The second kappa shape index (κ2) is 4.91. The molecule has 0 heterocycles. The summed E-state index contributed by atoms with van der Waals surface area (Å²) in [7, 11) is 0. The lowest BCUT2D eigenvalue weighted by Gasteiger charge is -2.06. The topological polar surface area (TPSA) is 9.23 Å². The Hall–Kier alpha value is -0.160. The first-order valence-electron chi connectivity index (χ1n) is 3.42. The van der Waals surface area contributed by atoms with E-state index in [4.69, 9.17) is 0 Å². The lowest BCUT2D eigenvalue weighted by Crippen LogP contribution is -2.02. The van der Waals surface area contributed by atoms with E-state index in [0.29, 0.717) is 5.33 Å². The van der Waals surface area contributed by atoms with Gasteiger partial charge in [-0.1, -0.05) is 31.9 Å². The van der Waals surface area contributed by atoms with Crippen LogP contribution in [0.1, 0.15) is 5.56 Å². The maximum Gasteiger partial charge on any atom is 0.387 e. The van der Waals surface area contributed by atoms with Gasteiger partial charge in [0.1, 0.15) is 5.75 Å². The number of hydrogen-bond acceptors (Lipinski definition) is 1. The van der Waals surface area contributed by atoms with Crippen molar-refractivity contribution < 1.29 is 13.5 Å². The lowest BCUT2D eigenvalue weighted by molar-refractivity contribution is -0.0499. The Morgan fingerprint density at radius 1 is 1.31 bits per heavy atom. The van der Waals surface area contributed by atoms with Crippen molar-refractivity contribution in [3.63, 3.8) is 0 Å². The molecule has 1 aromatic rings. The Morgan fingerprint density at radius 3 is 2.54 bits per heavy atom. The van der Waals surface area contributed by atoms with Crippen LogP contribution in [0.5, 0.6) is 5.75 Å². The van der Waals surface area contributed by atoms with Gasteiger partial charge in [0.2, 0.25) is 0 Å². The smallest absolute Gasteiger partial charge is 0.387 e. The highest BCUT2D eigenvalue weighted by atomic mass is 79.9. The second-order valence-corrected chi connectivity index (χ2v) is 3.78. The minimum absolute atomic E-state index is 0.166. The molecule has 0 amide bonds. The molecular weight excluding hydrogens is 310 g/mol. The van der Waals surface area contributed by atoms with Crippen LogP contribution in [0, 0.1) is 0 Å². The van der Waals surface area contributed by atoms with Gasteiger partial charge in [-0.15, -0.1) is 0 Å². The van der Waals surface area contributed by atoms with Gasteiger partial charge >= 0.3 is 6.61 Å². The Bertz CT molecular complexity index is 291. The van der Waals surface area contributed by atoms with Gasteiger partial charge < -0.3 is 4.74 Å². The molecule has 0 aromatic heterocycles. The Labute approximate surface area is 91.3 Å². The van der Waals surface area contributed by atoms with Crippen molar-refractivity contribution in [3.05, 3.63) is 28.2 Å². The fraction of sp³-hybridized carbons (Fsp3) is 0.250. The van der Waals surface area contributed by atoms with Crippen molar-refractivity contribution in [2.75, 3.05) is 0 Å². The molecule has 13 heavy (non-hydrogen) atoms. The average Bonchev–Trinajstić information content (AvgIpc) is 2.01. The van der Waals surface area contributed by atoms with Crippen LogP contribution < -0.4 is 4.74 Å². The molecule has 0 fully saturated rings. The summed E-state index contributed by atoms with van der Waals surface area (Å²) in [5.41, 5.74) is 0.880. The van der Waals surface area contributed by atoms with Gasteiger partial charge in [-0.25, -0.2) is 0 Å². The van der Waals surface area contributed by atoms with Crippen LogP contribution in [0.25, 0.3) is 0 Å². The minimum atomic E-state index is -2.78. The number of hydrogen-bond donors (Lipinski definition) is 0. The number of alkyl halides is 3. The molecule has 0 bridgehead atoms. The molecule has 0 atom stereocenters. The molecule has 0 aliphatic heterocycles. The molecule has 0 aliphatic rings. The Morgan fingerprint density at radius 2 is 2.00 bits per heavy atom. The lowest BCUT2D eigenvalue weighted by atomic mass is 10.2. The van der Waals surface area contributed by atoms with Gasteiger partial charge in [-0.05, 0) is 23.8 Å². The molecule has 0 radical (unpaired) electrons. The third kappa shape index (κ3) is 3.60. The molecule has 1 aromatic carbocycles. The average molecular weight is 316 g/mol. The van der Waals surface area contributed by atoms with E-state index in [-0.39, 0.29) is 5.75 Å². The van der Waals surface area contributed by atoms with Crippen LogP contribution in [0.2, 0.25) is 0 Å². The zero-order valence-corrected chi connectivity index (χ0v) is 9.61. The van der Waals surface area contributed by atoms with Crippen molar-refractivity contribution in [2.45, 2.75) is 11.9 Å². The first kappa shape index (κ1) is 10.9. The third-order valence-electron chi connectivity index (χ3n) is 1.31. The zero-order chi connectivity index (χ0) is 9.84. The highest BCUT2D eigenvalue weighted by molar-refractivity contribution is 9.10. The summed E-state index contributed by atoms with van der Waals surface area (Å²) in [6.07, 6.45) is 0.